The number of unbranched alkanes of at least 4 members (excludes halogenated alkanes) is 1. The Morgan fingerprint density at radius 3 is 2.86 bits per heavy atom. The molecule has 0 aliphatic heterocycles. The molecule has 40 valence electrons. The van der Waals surface area contributed by atoms with E-state index in [1.165, 1.54) is 0 Å². The molecular formula is C4H9N3. The fourth-order valence-corrected chi connectivity index (χ4v) is 0.274. The third-order valence-electron chi connectivity index (χ3n) is 0.675. The quantitative estimate of drug-likeness (QED) is 0.225. The van der Waals surface area contributed by atoms with E-state index in [2.05, 4.69) is 16.9 Å². The predicted octanol–water partition coefficient (Wildman–Crippen LogP) is 2.10. The Balaban J connectivity index is 2.83. The summed E-state index contributed by atoms with van der Waals surface area (Å²) in [5, 5.41) is 3.34. The molecule has 0 saturated heterocycles. The van der Waals surface area contributed by atoms with E-state index in [-0.39, 0.29) is 0 Å². The Labute approximate surface area is 43.0 Å². The van der Waals surface area contributed by atoms with Crippen LogP contribution in [0.1, 0.15) is 19.8 Å². The third kappa shape index (κ3) is 5.31. The van der Waals surface area contributed by atoms with Crippen LogP contribution >= 0.6 is 0 Å². The Kier molecular flexibility index (Phi) is 4.79. The molecule has 0 aromatic heterocycles. The molecule has 0 fully saturated rings. The zero-order valence-electron chi connectivity index (χ0n) is 4.46. The van der Waals surface area contributed by atoms with E-state index in [0.29, 0.717) is 6.54 Å². The van der Waals surface area contributed by atoms with Gasteiger partial charge in [0.25, 0.3) is 0 Å². The van der Waals surface area contributed by atoms with Crippen LogP contribution in [0.4, 0.5) is 0 Å². The molecule has 0 spiro atoms. The first kappa shape index (κ1) is 6.31. The average Bonchev–Trinajstić information content (AvgIpc) is 1.69. The van der Waals surface area contributed by atoms with Crippen LogP contribution in [0, 0.1) is 0 Å². The minimum atomic E-state index is 0.646. The van der Waals surface area contributed by atoms with Crippen molar-refractivity contribution >= 4 is 0 Å². The van der Waals surface area contributed by atoms with Gasteiger partial charge in [-0.05, 0) is 12.0 Å². The van der Waals surface area contributed by atoms with Gasteiger partial charge in [0, 0.05) is 11.5 Å². The lowest BCUT2D eigenvalue weighted by molar-refractivity contribution is 0.802. The van der Waals surface area contributed by atoms with E-state index in [9.17, 15) is 0 Å². The summed E-state index contributed by atoms with van der Waals surface area (Å²) in [6.07, 6.45) is 2.10. The maximum atomic E-state index is 7.75. The number of hydrogen-bond donors (Lipinski definition) is 0. The van der Waals surface area contributed by atoms with E-state index < -0.39 is 0 Å². The first-order chi connectivity index (χ1) is 3.41. The molecule has 0 radical (unpaired) electrons. The van der Waals surface area contributed by atoms with Crippen molar-refractivity contribution < 1.29 is 0 Å². The molecule has 0 atom stereocenters. The minimum Gasteiger partial charge on any atom is -0.0940 e. The maximum Gasteiger partial charge on any atom is 0.0257 e. The summed E-state index contributed by atoms with van der Waals surface area (Å²) in [5.74, 6) is 0. The maximum absolute atomic E-state index is 7.75. The molecule has 0 aromatic rings. The number of rotatable bonds is 3. The molecule has 0 aromatic carbocycles. The van der Waals surface area contributed by atoms with Gasteiger partial charge < -0.3 is 0 Å². The second-order valence-corrected chi connectivity index (χ2v) is 1.31. The van der Waals surface area contributed by atoms with Gasteiger partial charge in [0.05, 0.1) is 0 Å². The Morgan fingerprint density at radius 2 is 2.43 bits per heavy atom. The predicted molar refractivity (Wildman–Crippen MR) is 28.9 cm³/mol. The Hall–Kier alpha value is -0.690. The number of hydrogen-bond acceptors (Lipinski definition) is 1. The van der Waals surface area contributed by atoms with Gasteiger partial charge in [-0.3, -0.25) is 0 Å². The van der Waals surface area contributed by atoms with E-state index in [1.54, 1.807) is 0 Å². The van der Waals surface area contributed by atoms with Crippen LogP contribution in [0.2, 0.25) is 0 Å². The van der Waals surface area contributed by atoms with Gasteiger partial charge in [-0.25, -0.2) is 0 Å². The first-order valence-electron chi connectivity index (χ1n) is 2.42. The molecule has 0 amide bonds. The number of azide groups is 1. The van der Waals surface area contributed by atoms with Gasteiger partial charge in [-0.2, -0.15) is 0 Å². The first-order valence-corrected chi connectivity index (χ1v) is 2.42. The van der Waals surface area contributed by atoms with Crippen LogP contribution in [0.25, 0.3) is 10.4 Å². The molecule has 0 unspecified atom stereocenters. The monoisotopic (exact) mass is 99.1 g/mol. The lowest BCUT2D eigenvalue weighted by atomic mass is 10.3. The fourth-order valence-electron chi connectivity index (χ4n) is 0.274. The molecule has 0 heterocycles. The average molecular weight is 99.1 g/mol. The van der Waals surface area contributed by atoms with Gasteiger partial charge in [0.1, 0.15) is 0 Å². The highest BCUT2D eigenvalue weighted by Gasteiger charge is 1.74. The second-order valence-electron chi connectivity index (χ2n) is 1.31. The van der Waals surface area contributed by atoms with E-state index in [4.69, 9.17) is 5.53 Å². The van der Waals surface area contributed by atoms with Gasteiger partial charge in [0.2, 0.25) is 0 Å². The molecule has 0 saturated carbocycles. The van der Waals surface area contributed by atoms with E-state index in [1.807, 2.05) is 0 Å². The lowest BCUT2D eigenvalue weighted by Crippen LogP contribution is -1.72. The normalized spacial score (nSPS) is 7.57. The van der Waals surface area contributed by atoms with Crippen LogP contribution in [0.5, 0.6) is 0 Å². The van der Waals surface area contributed by atoms with Crippen LogP contribution < -0.4 is 0 Å². The van der Waals surface area contributed by atoms with Crippen LogP contribution in [-0.4, -0.2) is 6.54 Å². The van der Waals surface area contributed by atoms with E-state index >= 15 is 0 Å². The molecule has 3 nitrogen and oxygen atoms in total. The summed E-state index contributed by atoms with van der Waals surface area (Å²) < 4.78 is 0. The Bertz CT molecular complexity index is 73.0. The molecule has 0 aliphatic rings. The summed E-state index contributed by atoms with van der Waals surface area (Å²) in [4.78, 5) is 2.60. The van der Waals surface area contributed by atoms with Crippen molar-refractivity contribution in [3.8, 4) is 0 Å². The highest BCUT2D eigenvalue weighted by Crippen LogP contribution is 1.85. The summed E-state index contributed by atoms with van der Waals surface area (Å²) in [6, 6.07) is 0. The fraction of sp³-hybridized carbons (Fsp3) is 1.00. The van der Waals surface area contributed by atoms with Gasteiger partial charge in [0.15, 0.2) is 0 Å². The summed E-state index contributed by atoms with van der Waals surface area (Å²) in [6.45, 7) is 2.71. The van der Waals surface area contributed by atoms with Crippen molar-refractivity contribution in [1.29, 1.82) is 0 Å². The van der Waals surface area contributed by atoms with Crippen molar-refractivity contribution in [3.05, 3.63) is 10.4 Å². The van der Waals surface area contributed by atoms with Crippen LogP contribution in [0.15, 0.2) is 5.11 Å². The van der Waals surface area contributed by atoms with Crippen LogP contribution in [-0.2, 0) is 0 Å². The third-order valence-corrected chi connectivity index (χ3v) is 0.675. The molecule has 0 bridgehead atoms. The summed E-state index contributed by atoms with van der Waals surface area (Å²) in [7, 11) is 0. The van der Waals surface area contributed by atoms with Crippen molar-refractivity contribution in [3.63, 3.8) is 0 Å². The topological polar surface area (TPSA) is 48.8 Å². The molecular weight excluding hydrogens is 90.1 g/mol. The highest BCUT2D eigenvalue weighted by atomic mass is 15.1. The molecule has 0 rings (SSSR count). The van der Waals surface area contributed by atoms with Crippen molar-refractivity contribution in [1.82, 2.24) is 0 Å². The zero-order valence-corrected chi connectivity index (χ0v) is 4.46. The molecule has 0 aliphatic carbocycles. The van der Waals surface area contributed by atoms with Crippen LogP contribution in [0.3, 0.4) is 0 Å². The van der Waals surface area contributed by atoms with Gasteiger partial charge in [-0.15, -0.1) is 0 Å². The molecule has 3 heteroatoms. The Morgan fingerprint density at radius 1 is 1.71 bits per heavy atom. The smallest absolute Gasteiger partial charge is 0.0257 e. The minimum absolute atomic E-state index is 0.646. The molecule has 0 N–H and O–H groups in total. The van der Waals surface area contributed by atoms with Gasteiger partial charge in [-0.1, -0.05) is 18.5 Å². The highest BCUT2D eigenvalue weighted by molar-refractivity contribution is 4.43. The van der Waals surface area contributed by atoms with E-state index in [0.717, 1.165) is 12.8 Å². The van der Waals surface area contributed by atoms with Crippen molar-refractivity contribution in [2.24, 2.45) is 5.11 Å². The zero-order chi connectivity index (χ0) is 5.54. The lowest BCUT2D eigenvalue weighted by Gasteiger charge is -1.80. The largest absolute Gasteiger partial charge is 0.0940 e. The van der Waals surface area contributed by atoms with Crippen molar-refractivity contribution in [2.75, 3.05) is 6.54 Å². The summed E-state index contributed by atoms with van der Waals surface area (Å²) >= 11 is 0. The van der Waals surface area contributed by atoms with Gasteiger partial charge >= 0.3 is 0 Å². The van der Waals surface area contributed by atoms with Crippen molar-refractivity contribution in [2.45, 2.75) is 19.8 Å². The second kappa shape index (κ2) is 5.31. The standard InChI is InChI=1S/C4H9N3/c1-2-3-4-6-7-5/h2-4H2,1H3. The molecule has 7 heavy (non-hydrogen) atoms. The number of nitrogens with zero attached hydrogens (tertiary/aromatic N) is 3. The summed E-state index contributed by atoms with van der Waals surface area (Å²) in [5.41, 5.74) is 7.75. The SMILES string of the molecule is CCCCN=[N+]=[N-].